The first-order valence-electron chi connectivity index (χ1n) is 5.25. The van der Waals surface area contributed by atoms with Crippen LogP contribution in [0.5, 0.6) is 11.5 Å². The minimum Gasteiger partial charge on any atom is -0.481 e. The molecule has 1 aliphatic heterocycles. The van der Waals surface area contributed by atoms with Crippen molar-refractivity contribution in [3.05, 3.63) is 23.3 Å². The molecule has 0 spiro atoms. The third kappa shape index (κ3) is 2.34. The number of hydrogen-bond donors (Lipinski definition) is 2. The number of rotatable bonds is 3. The van der Waals surface area contributed by atoms with Gasteiger partial charge >= 0.3 is 5.97 Å². The van der Waals surface area contributed by atoms with E-state index in [1.807, 2.05) is 19.1 Å². The van der Waals surface area contributed by atoms with E-state index in [4.69, 9.17) is 14.6 Å². The fourth-order valence-electron chi connectivity index (χ4n) is 2.01. The minimum absolute atomic E-state index is 0.0450. The molecule has 1 aromatic rings. The van der Waals surface area contributed by atoms with Crippen LogP contribution in [0.3, 0.4) is 0 Å². The molecule has 2 rings (SSSR count). The van der Waals surface area contributed by atoms with E-state index in [1.165, 1.54) is 0 Å². The van der Waals surface area contributed by atoms with Gasteiger partial charge in [0, 0.05) is 4.75 Å². The van der Waals surface area contributed by atoms with Crippen LogP contribution in [0.15, 0.2) is 12.1 Å². The monoisotopic (exact) mass is 254 g/mol. The predicted molar refractivity (Wildman–Crippen MR) is 65.9 cm³/mol. The summed E-state index contributed by atoms with van der Waals surface area (Å²) in [5.41, 5.74) is 1.81. The van der Waals surface area contributed by atoms with Gasteiger partial charge in [-0.25, -0.2) is 0 Å². The highest BCUT2D eigenvalue weighted by Gasteiger charge is 2.29. The number of benzene rings is 1. The number of aliphatic carboxylic acids is 1. The molecule has 1 aromatic carbocycles. The smallest absolute Gasteiger partial charge is 0.305 e. The zero-order chi connectivity index (χ0) is 12.6. The highest BCUT2D eigenvalue weighted by molar-refractivity contribution is 7.81. The number of carbonyl (C=O) groups is 1. The van der Waals surface area contributed by atoms with Crippen molar-refractivity contribution in [1.29, 1.82) is 0 Å². The van der Waals surface area contributed by atoms with E-state index < -0.39 is 10.7 Å². The highest BCUT2D eigenvalue weighted by Crippen LogP contribution is 2.41. The molecule has 0 saturated carbocycles. The third-order valence-corrected chi connectivity index (χ3v) is 3.19. The molecule has 5 heteroatoms. The first kappa shape index (κ1) is 12.1. The van der Waals surface area contributed by atoms with Crippen LogP contribution in [0.25, 0.3) is 0 Å². The normalized spacial score (nSPS) is 16.6. The molecule has 17 heavy (non-hydrogen) atoms. The maximum absolute atomic E-state index is 10.8. The highest BCUT2D eigenvalue weighted by atomic mass is 32.1. The maximum atomic E-state index is 10.8. The van der Waals surface area contributed by atoms with Gasteiger partial charge in [0.25, 0.3) is 0 Å². The van der Waals surface area contributed by atoms with Crippen molar-refractivity contribution in [2.45, 2.75) is 25.0 Å². The molecule has 1 N–H and O–H groups in total. The Hall–Kier alpha value is -1.36. The third-order valence-electron chi connectivity index (χ3n) is 2.80. The van der Waals surface area contributed by atoms with Gasteiger partial charge in [0.2, 0.25) is 6.79 Å². The molecule has 0 radical (unpaired) electrons. The zero-order valence-electron chi connectivity index (χ0n) is 9.69. The van der Waals surface area contributed by atoms with E-state index in [-0.39, 0.29) is 13.2 Å². The Morgan fingerprint density at radius 2 is 2.06 bits per heavy atom. The van der Waals surface area contributed by atoms with Crippen LogP contribution in [0.1, 0.15) is 24.5 Å². The Kier molecular flexibility index (Phi) is 2.95. The summed E-state index contributed by atoms with van der Waals surface area (Å²) in [4.78, 5) is 10.8. The molecule has 1 aliphatic rings. The van der Waals surface area contributed by atoms with Crippen LogP contribution in [-0.2, 0) is 9.54 Å². The van der Waals surface area contributed by atoms with Crippen molar-refractivity contribution in [3.8, 4) is 11.5 Å². The number of aryl methyl sites for hydroxylation is 1. The number of hydrogen-bond acceptors (Lipinski definition) is 4. The first-order chi connectivity index (χ1) is 7.90. The summed E-state index contributed by atoms with van der Waals surface area (Å²) in [6, 6.07) is 3.67. The van der Waals surface area contributed by atoms with Crippen molar-refractivity contribution < 1.29 is 19.4 Å². The van der Waals surface area contributed by atoms with Crippen molar-refractivity contribution >= 4 is 18.6 Å². The van der Waals surface area contributed by atoms with Crippen LogP contribution in [0.4, 0.5) is 0 Å². The van der Waals surface area contributed by atoms with E-state index in [9.17, 15) is 4.79 Å². The molecular formula is C12H14O4S. The molecule has 1 heterocycles. The second-order valence-corrected chi connectivity index (χ2v) is 5.35. The van der Waals surface area contributed by atoms with Crippen LogP contribution in [0, 0.1) is 6.92 Å². The lowest BCUT2D eigenvalue weighted by Gasteiger charge is -2.24. The van der Waals surface area contributed by atoms with E-state index in [2.05, 4.69) is 12.6 Å². The van der Waals surface area contributed by atoms with Gasteiger partial charge in [0.05, 0.1) is 6.42 Å². The van der Waals surface area contributed by atoms with Gasteiger partial charge in [0.15, 0.2) is 11.5 Å². The van der Waals surface area contributed by atoms with E-state index in [0.29, 0.717) is 11.5 Å². The van der Waals surface area contributed by atoms with Crippen molar-refractivity contribution in [3.63, 3.8) is 0 Å². The summed E-state index contributed by atoms with van der Waals surface area (Å²) >= 11 is 4.45. The van der Waals surface area contributed by atoms with Gasteiger partial charge in [-0.2, -0.15) is 12.6 Å². The maximum Gasteiger partial charge on any atom is 0.305 e. The number of ether oxygens (including phenoxy) is 2. The second kappa shape index (κ2) is 4.14. The van der Waals surface area contributed by atoms with Crippen molar-refractivity contribution in [2.24, 2.45) is 0 Å². The molecule has 0 fully saturated rings. The van der Waals surface area contributed by atoms with Crippen LogP contribution in [0.2, 0.25) is 0 Å². The minimum atomic E-state index is -0.875. The average molecular weight is 254 g/mol. The summed E-state index contributed by atoms with van der Waals surface area (Å²) < 4.78 is 9.83. The molecular weight excluding hydrogens is 240 g/mol. The largest absolute Gasteiger partial charge is 0.481 e. The van der Waals surface area contributed by atoms with Crippen molar-refractivity contribution in [2.75, 3.05) is 6.79 Å². The Morgan fingerprint density at radius 3 is 2.65 bits per heavy atom. The van der Waals surface area contributed by atoms with Gasteiger partial charge in [-0.1, -0.05) is 0 Å². The molecule has 92 valence electrons. The number of fused-ring (bicyclic) bond motifs is 1. The Balaban J connectivity index is 2.41. The van der Waals surface area contributed by atoms with E-state index >= 15 is 0 Å². The van der Waals surface area contributed by atoms with E-state index in [0.717, 1.165) is 11.1 Å². The SMILES string of the molecule is Cc1cc2c(cc1C(C)(S)CC(=O)O)OCO2. The van der Waals surface area contributed by atoms with Gasteiger partial charge < -0.3 is 14.6 Å². The lowest BCUT2D eigenvalue weighted by molar-refractivity contribution is -0.137. The lowest BCUT2D eigenvalue weighted by atomic mass is 9.92. The van der Waals surface area contributed by atoms with Gasteiger partial charge in [-0.3, -0.25) is 4.79 Å². The molecule has 1 unspecified atom stereocenters. The molecule has 4 nitrogen and oxygen atoms in total. The molecule has 0 saturated heterocycles. The summed E-state index contributed by atoms with van der Waals surface area (Å²) in [7, 11) is 0. The number of carboxylic acids is 1. The standard InChI is InChI=1S/C12H14O4S/c1-7-3-9-10(16-6-15-9)4-8(7)12(2,17)5-11(13)14/h3-4,17H,5-6H2,1-2H3,(H,13,14). The summed E-state index contributed by atoms with van der Waals surface area (Å²) in [6.45, 7) is 3.91. The fourth-order valence-corrected chi connectivity index (χ4v) is 2.39. The number of carboxylic acid groups (broad SMARTS) is 1. The summed E-state index contributed by atoms with van der Waals surface area (Å²) in [5, 5.41) is 8.89. The fraction of sp³-hybridized carbons (Fsp3) is 0.417. The first-order valence-corrected chi connectivity index (χ1v) is 5.70. The predicted octanol–water partition coefficient (Wildman–Crippen LogP) is 2.34. The Bertz CT molecular complexity index is 468. The molecule has 0 aliphatic carbocycles. The quantitative estimate of drug-likeness (QED) is 0.813. The van der Waals surface area contributed by atoms with Gasteiger partial charge in [0.1, 0.15) is 0 Å². The molecule has 0 amide bonds. The second-order valence-electron chi connectivity index (χ2n) is 4.36. The zero-order valence-corrected chi connectivity index (χ0v) is 10.6. The summed E-state index contributed by atoms with van der Waals surface area (Å²) in [6.07, 6.45) is -0.0450. The van der Waals surface area contributed by atoms with Gasteiger partial charge in [-0.15, -0.1) is 0 Å². The van der Waals surface area contributed by atoms with Crippen molar-refractivity contribution in [1.82, 2.24) is 0 Å². The Morgan fingerprint density at radius 1 is 1.47 bits per heavy atom. The molecule has 0 bridgehead atoms. The molecule has 1 atom stereocenters. The van der Waals surface area contributed by atoms with Crippen LogP contribution >= 0.6 is 12.6 Å². The van der Waals surface area contributed by atoms with Crippen LogP contribution in [-0.4, -0.2) is 17.9 Å². The van der Waals surface area contributed by atoms with Gasteiger partial charge in [-0.05, 0) is 37.1 Å². The summed E-state index contributed by atoms with van der Waals surface area (Å²) in [5.74, 6) is 0.474. The Labute approximate surface area is 105 Å². The lowest BCUT2D eigenvalue weighted by Crippen LogP contribution is -2.20. The van der Waals surface area contributed by atoms with Crippen LogP contribution < -0.4 is 9.47 Å². The van der Waals surface area contributed by atoms with E-state index in [1.54, 1.807) is 6.92 Å². The molecule has 0 aromatic heterocycles. The topological polar surface area (TPSA) is 55.8 Å². The average Bonchev–Trinajstić information content (AvgIpc) is 2.60. The number of thiol groups is 1.